The molecule has 0 saturated heterocycles. The minimum atomic E-state index is -0.192. The van der Waals surface area contributed by atoms with Gasteiger partial charge in [-0.2, -0.15) is 0 Å². The maximum absolute atomic E-state index is 12.6. The first kappa shape index (κ1) is 15.2. The maximum atomic E-state index is 12.6. The van der Waals surface area contributed by atoms with Gasteiger partial charge in [-0.1, -0.05) is 24.3 Å². The van der Waals surface area contributed by atoms with Crippen LogP contribution in [0.2, 0.25) is 0 Å². The van der Waals surface area contributed by atoms with Crippen molar-refractivity contribution in [2.75, 3.05) is 5.32 Å². The molecule has 0 bridgehead atoms. The van der Waals surface area contributed by atoms with Crippen LogP contribution in [0.15, 0.2) is 53.5 Å². The number of hydrogen-bond acceptors (Lipinski definition) is 2. The molecule has 3 N–H and O–H groups in total. The van der Waals surface area contributed by atoms with Crippen LogP contribution in [-0.2, 0) is 0 Å². The summed E-state index contributed by atoms with van der Waals surface area (Å²) in [7, 11) is 0. The van der Waals surface area contributed by atoms with Crippen molar-refractivity contribution in [3.8, 4) is 0 Å². The minimum absolute atomic E-state index is 0.106. The van der Waals surface area contributed by atoms with Crippen LogP contribution in [0.5, 0.6) is 0 Å². The number of aromatic amines is 2. The van der Waals surface area contributed by atoms with E-state index in [0.717, 1.165) is 21.9 Å². The molecular weight excluding hydrogens is 314 g/mol. The van der Waals surface area contributed by atoms with E-state index in [4.69, 9.17) is 0 Å². The van der Waals surface area contributed by atoms with Crippen LogP contribution in [0.1, 0.15) is 21.5 Å². The monoisotopic (exact) mass is 331 g/mol. The number of amides is 1. The molecule has 0 fully saturated rings. The predicted octanol–water partition coefficient (Wildman–Crippen LogP) is 3.88. The van der Waals surface area contributed by atoms with Crippen LogP contribution in [0.25, 0.3) is 21.8 Å². The Hall–Kier alpha value is -3.34. The number of fused-ring (bicyclic) bond motifs is 2. The Morgan fingerprint density at radius 3 is 2.60 bits per heavy atom. The lowest BCUT2D eigenvalue weighted by Gasteiger charge is -2.09. The highest BCUT2D eigenvalue weighted by Gasteiger charge is 2.13. The van der Waals surface area contributed by atoms with Gasteiger partial charge < -0.3 is 15.3 Å². The summed E-state index contributed by atoms with van der Waals surface area (Å²) < 4.78 is 0. The van der Waals surface area contributed by atoms with Crippen molar-refractivity contribution in [1.29, 1.82) is 0 Å². The highest BCUT2D eigenvalue weighted by atomic mass is 16.1. The van der Waals surface area contributed by atoms with Crippen molar-refractivity contribution in [2.24, 2.45) is 0 Å². The second-order valence-corrected chi connectivity index (χ2v) is 6.17. The number of rotatable bonds is 2. The van der Waals surface area contributed by atoms with E-state index in [0.29, 0.717) is 22.3 Å². The van der Waals surface area contributed by atoms with Gasteiger partial charge in [0.2, 0.25) is 0 Å². The molecule has 5 heteroatoms. The number of hydrogen-bond donors (Lipinski definition) is 3. The summed E-state index contributed by atoms with van der Waals surface area (Å²) in [6.45, 7) is 3.73. The van der Waals surface area contributed by atoms with Crippen LogP contribution < -0.4 is 10.9 Å². The largest absolute Gasteiger partial charge is 0.360 e. The van der Waals surface area contributed by atoms with Gasteiger partial charge in [0.15, 0.2) is 0 Å². The lowest BCUT2D eigenvalue weighted by molar-refractivity contribution is 0.102. The Morgan fingerprint density at radius 1 is 0.960 bits per heavy atom. The topological polar surface area (TPSA) is 77.8 Å². The summed E-state index contributed by atoms with van der Waals surface area (Å²) in [5.41, 5.74) is 4.42. The zero-order valence-corrected chi connectivity index (χ0v) is 13.9. The molecule has 0 aliphatic rings. The number of benzene rings is 2. The van der Waals surface area contributed by atoms with Gasteiger partial charge in [0.05, 0.1) is 11.1 Å². The lowest BCUT2D eigenvalue weighted by Crippen LogP contribution is -2.13. The van der Waals surface area contributed by atoms with E-state index in [2.05, 4.69) is 15.3 Å². The highest BCUT2D eigenvalue weighted by molar-refractivity contribution is 6.13. The van der Waals surface area contributed by atoms with E-state index in [1.807, 2.05) is 43.3 Å². The second kappa shape index (κ2) is 5.63. The molecule has 0 spiro atoms. The molecular formula is C20H17N3O2. The number of carbonyl (C=O) groups excluding carboxylic acids is 1. The first-order chi connectivity index (χ1) is 12.0. The fraction of sp³-hybridized carbons (Fsp3) is 0.100. The molecule has 124 valence electrons. The fourth-order valence-electron chi connectivity index (χ4n) is 3.10. The van der Waals surface area contributed by atoms with Gasteiger partial charge in [-0.3, -0.25) is 9.59 Å². The Bertz CT molecular complexity index is 1180. The average Bonchev–Trinajstić information content (AvgIpc) is 3.04. The predicted molar refractivity (Wildman–Crippen MR) is 100 cm³/mol. The smallest absolute Gasteiger partial charge is 0.257 e. The van der Waals surface area contributed by atoms with E-state index < -0.39 is 0 Å². The Balaban J connectivity index is 1.72. The Labute approximate surface area is 143 Å². The molecule has 0 aliphatic carbocycles. The third-order valence-electron chi connectivity index (χ3n) is 4.67. The molecule has 5 nitrogen and oxygen atoms in total. The minimum Gasteiger partial charge on any atom is -0.360 e. The van der Waals surface area contributed by atoms with Crippen molar-refractivity contribution in [3.63, 3.8) is 0 Å². The quantitative estimate of drug-likeness (QED) is 0.521. The van der Waals surface area contributed by atoms with Gasteiger partial charge in [-0.05, 0) is 37.6 Å². The van der Waals surface area contributed by atoms with Gasteiger partial charge in [-0.15, -0.1) is 0 Å². The summed E-state index contributed by atoms with van der Waals surface area (Å²) in [6, 6.07) is 13.2. The van der Waals surface area contributed by atoms with Crippen molar-refractivity contribution in [3.05, 3.63) is 75.7 Å². The van der Waals surface area contributed by atoms with Crippen LogP contribution in [0.4, 0.5) is 5.69 Å². The summed E-state index contributed by atoms with van der Waals surface area (Å²) in [5.74, 6) is -0.192. The van der Waals surface area contributed by atoms with Crippen LogP contribution in [0, 0.1) is 13.8 Å². The standard InChI is InChI=1S/C20H17N3O2/c1-11-12(2)19(24)23-18-9-13(7-8-14(11)18)22-20(25)16-10-21-17-6-4-3-5-15(16)17/h3-10,21H,1-2H3,(H,22,25)(H,23,24). The number of nitrogens with one attached hydrogen (secondary N) is 3. The Morgan fingerprint density at radius 2 is 1.76 bits per heavy atom. The molecule has 25 heavy (non-hydrogen) atoms. The van der Waals surface area contributed by atoms with E-state index in [1.165, 1.54) is 0 Å². The molecule has 0 radical (unpaired) electrons. The lowest BCUT2D eigenvalue weighted by atomic mass is 10.1. The number of carbonyl (C=O) groups is 1. The summed E-state index contributed by atoms with van der Waals surface area (Å²) in [5, 5.41) is 4.75. The third-order valence-corrected chi connectivity index (χ3v) is 4.67. The molecule has 2 heterocycles. The van der Waals surface area contributed by atoms with Crippen molar-refractivity contribution >= 4 is 33.4 Å². The van der Waals surface area contributed by atoms with Crippen LogP contribution >= 0.6 is 0 Å². The molecule has 0 unspecified atom stereocenters. The average molecular weight is 331 g/mol. The maximum Gasteiger partial charge on any atom is 0.257 e. The molecule has 0 atom stereocenters. The first-order valence-electron chi connectivity index (χ1n) is 8.05. The molecule has 2 aromatic carbocycles. The molecule has 0 aliphatic heterocycles. The van der Waals surface area contributed by atoms with E-state index in [9.17, 15) is 9.59 Å². The van der Waals surface area contributed by atoms with Gasteiger partial charge in [0, 0.05) is 33.7 Å². The van der Waals surface area contributed by atoms with E-state index in [1.54, 1.807) is 19.2 Å². The fourth-order valence-corrected chi connectivity index (χ4v) is 3.10. The number of H-pyrrole nitrogens is 2. The van der Waals surface area contributed by atoms with Crippen molar-refractivity contribution in [2.45, 2.75) is 13.8 Å². The summed E-state index contributed by atoms with van der Waals surface area (Å²) in [6.07, 6.45) is 1.70. The molecule has 4 aromatic rings. The van der Waals surface area contributed by atoms with Crippen molar-refractivity contribution < 1.29 is 4.79 Å². The summed E-state index contributed by atoms with van der Waals surface area (Å²) in [4.78, 5) is 30.5. The van der Waals surface area contributed by atoms with Gasteiger partial charge >= 0.3 is 0 Å². The van der Waals surface area contributed by atoms with Gasteiger partial charge in [-0.25, -0.2) is 0 Å². The molecule has 4 rings (SSSR count). The zero-order chi connectivity index (χ0) is 17.6. The number of aryl methyl sites for hydroxylation is 1. The Kier molecular flexibility index (Phi) is 3.42. The number of pyridine rings is 1. The number of anilines is 1. The second-order valence-electron chi connectivity index (χ2n) is 6.17. The molecule has 1 amide bonds. The highest BCUT2D eigenvalue weighted by Crippen LogP contribution is 2.23. The molecule has 2 aromatic heterocycles. The molecule has 0 saturated carbocycles. The van der Waals surface area contributed by atoms with Crippen LogP contribution in [-0.4, -0.2) is 15.9 Å². The van der Waals surface area contributed by atoms with E-state index in [-0.39, 0.29) is 11.5 Å². The zero-order valence-electron chi connectivity index (χ0n) is 13.9. The van der Waals surface area contributed by atoms with Gasteiger partial charge in [0.25, 0.3) is 11.5 Å². The normalized spacial score (nSPS) is 11.1. The SMILES string of the molecule is Cc1c(C)c2ccc(NC(=O)c3c[nH]c4ccccc34)cc2[nH]c1=O. The summed E-state index contributed by atoms with van der Waals surface area (Å²) >= 11 is 0. The third kappa shape index (κ3) is 2.50. The van der Waals surface area contributed by atoms with Gasteiger partial charge in [0.1, 0.15) is 0 Å². The van der Waals surface area contributed by atoms with E-state index >= 15 is 0 Å². The van der Waals surface area contributed by atoms with Crippen molar-refractivity contribution in [1.82, 2.24) is 9.97 Å². The number of aromatic nitrogens is 2. The van der Waals surface area contributed by atoms with Crippen LogP contribution in [0.3, 0.4) is 0 Å². The number of para-hydroxylation sites is 1. The first-order valence-corrected chi connectivity index (χ1v) is 8.05.